The van der Waals surface area contributed by atoms with E-state index in [1.807, 2.05) is 0 Å². The van der Waals surface area contributed by atoms with Crippen molar-refractivity contribution in [2.45, 2.75) is 39.5 Å². The van der Waals surface area contributed by atoms with Gasteiger partial charge < -0.3 is 10.0 Å². The summed E-state index contributed by atoms with van der Waals surface area (Å²) in [5.41, 5.74) is 0.125. The van der Waals surface area contributed by atoms with E-state index < -0.39 is 0 Å². The Bertz CT molecular complexity index is 139. The Kier molecular flexibility index (Phi) is 4.20. The maximum atomic E-state index is 9.07. The molecule has 2 heteroatoms. The lowest BCUT2D eigenvalue weighted by Crippen LogP contribution is -2.23. The van der Waals surface area contributed by atoms with Crippen LogP contribution in [0.5, 0.6) is 0 Å². The molecule has 1 fully saturated rings. The fourth-order valence-electron chi connectivity index (χ4n) is 1.87. The van der Waals surface area contributed by atoms with Gasteiger partial charge >= 0.3 is 0 Å². The molecular formula is C11H23NO. The van der Waals surface area contributed by atoms with Crippen molar-refractivity contribution < 1.29 is 5.11 Å². The molecule has 0 amide bonds. The number of aliphatic hydroxyl groups excluding tert-OH is 1. The first-order valence-corrected chi connectivity index (χ1v) is 5.47. The van der Waals surface area contributed by atoms with Crippen LogP contribution < -0.4 is 0 Å². The first kappa shape index (κ1) is 11.0. The van der Waals surface area contributed by atoms with Gasteiger partial charge in [0.1, 0.15) is 0 Å². The molecule has 13 heavy (non-hydrogen) atoms. The topological polar surface area (TPSA) is 23.5 Å². The molecule has 1 heterocycles. The van der Waals surface area contributed by atoms with E-state index in [0.717, 1.165) is 6.42 Å². The molecule has 0 aromatic rings. The van der Waals surface area contributed by atoms with Crippen LogP contribution in [-0.2, 0) is 0 Å². The highest BCUT2D eigenvalue weighted by atomic mass is 16.3. The Labute approximate surface area is 81.9 Å². The van der Waals surface area contributed by atoms with Crippen LogP contribution >= 0.6 is 0 Å². The van der Waals surface area contributed by atoms with Gasteiger partial charge in [0.2, 0.25) is 0 Å². The molecule has 1 rings (SSSR count). The van der Waals surface area contributed by atoms with E-state index in [2.05, 4.69) is 18.7 Å². The molecule has 1 aliphatic heterocycles. The van der Waals surface area contributed by atoms with Crippen LogP contribution in [0.25, 0.3) is 0 Å². The van der Waals surface area contributed by atoms with Crippen molar-refractivity contribution in [2.75, 3.05) is 26.2 Å². The molecule has 0 aliphatic carbocycles. The maximum Gasteiger partial charge on any atom is 0.0482 e. The second kappa shape index (κ2) is 4.97. The lowest BCUT2D eigenvalue weighted by Gasteiger charge is -2.23. The molecular weight excluding hydrogens is 162 g/mol. The average molecular weight is 185 g/mol. The first-order valence-electron chi connectivity index (χ1n) is 5.47. The van der Waals surface area contributed by atoms with Crippen molar-refractivity contribution >= 4 is 0 Å². The number of nitrogens with zero attached hydrogens (tertiary/aromatic N) is 1. The zero-order valence-corrected chi connectivity index (χ0v) is 9.05. The molecule has 78 valence electrons. The summed E-state index contributed by atoms with van der Waals surface area (Å²) in [5, 5.41) is 9.07. The quantitative estimate of drug-likeness (QED) is 0.707. The van der Waals surface area contributed by atoms with Gasteiger partial charge in [0.15, 0.2) is 0 Å². The van der Waals surface area contributed by atoms with Crippen molar-refractivity contribution in [3.8, 4) is 0 Å². The van der Waals surface area contributed by atoms with Gasteiger partial charge in [0.25, 0.3) is 0 Å². The van der Waals surface area contributed by atoms with Crippen molar-refractivity contribution in [1.29, 1.82) is 0 Å². The third-order valence-electron chi connectivity index (χ3n) is 2.95. The summed E-state index contributed by atoms with van der Waals surface area (Å²) in [6.45, 7) is 8.39. The first-order chi connectivity index (χ1) is 6.14. The highest BCUT2D eigenvalue weighted by molar-refractivity contribution is 4.70. The summed E-state index contributed by atoms with van der Waals surface area (Å²) in [6.07, 6.45) is 5.13. The molecule has 0 unspecified atom stereocenters. The largest absolute Gasteiger partial charge is 0.396 e. The number of hydrogen-bond acceptors (Lipinski definition) is 2. The second-order valence-corrected chi connectivity index (χ2v) is 4.97. The SMILES string of the molecule is CC(C)(CO)CCCN1CCCC1. The Morgan fingerprint density at radius 2 is 1.85 bits per heavy atom. The molecule has 1 saturated heterocycles. The molecule has 0 bridgehead atoms. The zero-order valence-electron chi connectivity index (χ0n) is 9.05. The van der Waals surface area contributed by atoms with Crippen LogP contribution in [-0.4, -0.2) is 36.2 Å². The van der Waals surface area contributed by atoms with E-state index in [1.54, 1.807) is 0 Å². The minimum atomic E-state index is 0.125. The van der Waals surface area contributed by atoms with Gasteiger partial charge in [-0.2, -0.15) is 0 Å². The number of hydrogen-bond donors (Lipinski definition) is 1. The molecule has 2 nitrogen and oxygen atoms in total. The Morgan fingerprint density at radius 3 is 2.38 bits per heavy atom. The molecule has 0 saturated carbocycles. The number of rotatable bonds is 5. The van der Waals surface area contributed by atoms with Crippen LogP contribution in [0.2, 0.25) is 0 Å². The van der Waals surface area contributed by atoms with Crippen LogP contribution in [0, 0.1) is 5.41 Å². The normalized spacial score (nSPS) is 19.6. The Morgan fingerprint density at radius 1 is 1.23 bits per heavy atom. The maximum absolute atomic E-state index is 9.07. The minimum Gasteiger partial charge on any atom is -0.396 e. The van der Waals surface area contributed by atoms with Gasteiger partial charge in [0.05, 0.1) is 0 Å². The standard InChI is InChI=1S/C11H23NO/c1-11(2,10-13)6-5-9-12-7-3-4-8-12/h13H,3-10H2,1-2H3. The monoisotopic (exact) mass is 185 g/mol. The van der Waals surface area contributed by atoms with E-state index >= 15 is 0 Å². The molecule has 0 aromatic carbocycles. The Hall–Kier alpha value is -0.0800. The van der Waals surface area contributed by atoms with E-state index in [9.17, 15) is 0 Å². The van der Waals surface area contributed by atoms with E-state index in [0.29, 0.717) is 6.61 Å². The van der Waals surface area contributed by atoms with Crippen molar-refractivity contribution in [2.24, 2.45) is 5.41 Å². The van der Waals surface area contributed by atoms with Crippen LogP contribution in [0.4, 0.5) is 0 Å². The summed E-state index contributed by atoms with van der Waals surface area (Å²) in [6, 6.07) is 0. The number of likely N-dealkylation sites (tertiary alicyclic amines) is 1. The van der Waals surface area contributed by atoms with Gasteiger partial charge in [-0.3, -0.25) is 0 Å². The molecule has 1 aliphatic rings. The van der Waals surface area contributed by atoms with E-state index in [4.69, 9.17) is 5.11 Å². The predicted molar refractivity (Wildman–Crippen MR) is 55.8 cm³/mol. The molecule has 0 spiro atoms. The third-order valence-corrected chi connectivity index (χ3v) is 2.95. The minimum absolute atomic E-state index is 0.125. The van der Waals surface area contributed by atoms with Crippen LogP contribution in [0.3, 0.4) is 0 Å². The van der Waals surface area contributed by atoms with Crippen molar-refractivity contribution in [3.05, 3.63) is 0 Å². The van der Waals surface area contributed by atoms with Crippen LogP contribution in [0.1, 0.15) is 39.5 Å². The zero-order chi connectivity index (χ0) is 9.73. The second-order valence-electron chi connectivity index (χ2n) is 4.97. The fourth-order valence-corrected chi connectivity index (χ4v) is 1.87. The van der Waals surface area contributed by atoms with Gasteiger partial charge in [-0.15, -0.1) is 0 Å². The fraction of sp³-hybridized carbons (Fsp3) is 1.00. The van der Waals surface area contributed by atoms with Gasteiger partial charge in [-0.05, 0) is 50.7 Å². The van der Waals surface area contributed by atoms with Gasteiger partial charge in [0, 0.05) is 6.61 Å². The number of aliphatic hydroxyl groups is 1. The molecule has 1 N–H and O–H groups in total. The van der Waals surface area contributed by atoms with Crippen molar-refractivity contribution in [3.63, 3.8) is 0 Å². The predicted octanol–water partition coefficient (Wildman–Crippen LogP) is 1.88. The van der Waals surface area contributed by atoms with Gasteiger partial charge in [-0.25, -0.2) is 0 Å². The summed E-state index contributed by atoms with van der Waals surface area (Å²) in [5.74, 6) is 0. The van der Waals surface area contributed by atoms with Crippen LogP contribution in [0.15, 0.2) is 0 Å². The highest BCUT2D eigenvalue weighted by Crippen LogP contribution is 2.21. The summed E-state index contributed by atoms with van der Waals surface area (Å²) < 4.78 is 0. The van der Waals surface area contributed by atoms with Gasteiger partial charge in [-0.1, -0.05) is 13.8 Å². The van der Waals surface area contributed by atoms with E-state index in [-0.39, 0.29) is 5.41 Å². The molecule has 0 aromatic heterocycles. The smallest absolute Gasteiger partial charge is 0.0482 e. The van der Waals surface area contributed by atoms with E-state index in [1.165, 1.54) is 38.9 Å². The lowest BCUT2D eigenvalue weighted by molar-refractivity contribution is 0.143. The highest BCUT2D eigenvalue weighted by Gasteiger charge is 2.17. The van der Waals surface area contributed by atoms with Crippen molar-refractivity contribution in [1.82, 2.24) is 4.90 Å². The lowest BCUT2D eigenvalue weighted by atomic mass is 9.89. The summed E-state index contributed by atoms with van der Waals surface area (Å²) >= 11 is 0. The average Bonchev–Trinajstić information content (AvgIpc) is 2.57. The molecule has 0 radical (unpaired) electrons. The summed E-state index contributed by atoms with van der Waals surface area (Å²) in [4.78, 5) is 2.54. The molecule has 0 atom stereocenters. The third kappa shape index (κ3) is 4.10. The Balaban J connectivity index is 2.06. The summed E-state index contributed by atoms with van der Waals surface area (Å²) in [7, 11) is 0.